The molecule has 0 spiro atoms. The van der Waals surface area contributed by atoms with Crippen LogP contribution in [0.1, 0.15) is 43.4 Å². The predicted molar refractivity (Wildman–Crippen MR) is 109 cm³/mol. The third-order valence-electron chi connectivity index (χ3n) is 5.32. The molecule has 0 unspecified atom stereocenters. The molecule has 2 aliphatic rings. The summed E-state index contributed by atoms with van der Waals surface area (Å²) in [5.74, 6) is 1.25. The Morgan fingerprint density at radius 3 is 2.70 bits per heavy atom. The molecule has 0 bridgehead atoms. The van der Waals surface area contributed by atoms with Gasteiger partial charge in [0, 0.05) is 43.5 Å². The van der Waals surface area contributed by atoms with Crippen LogP contribution in [0.3, 0.4) is 0 Å². The van der Waals surface area contributed by atoms with E-state index in [1.54, 1.807) is 23.1 Å². The van der Waals surface area contributed by atoms with Gasteiger partial charge in [-0.1, -0.05) is 24.8 Å². The topological polar surface area (TPSA) is 54.3 Å². The highest BCUT2D eigenvalue weighted by molar-refractivity contribution is 8.00. The molecular formula is C19H27N5OS2. The lowest BCUT2D eigenvalue weighted by Gasteiger charge is -2.35. The maximum Gasteiger partial charge on any atom is 0.235 e. The predicted octanol–water partition coefficient (Wildman–Crippen LogP) is 2.91. The molecule has 146 valence electrons. The van der Waals surface area contributed by atoms with Crippen LogP contribution in [0.2, 0.25) is 0 Å². The number of piperazine rings is 1. The molecule has 3 heterocycles. The van der Waals surface area contributed by atoms with Crippen LogP contribution in [-0.4, -0.2) is 68.4 Å². The first-order valence-corrected chi connectivity index (χ1v) is 11.6. The van der Waals surface area contributed by atoms with E-state index in [0.29, 0.717) is 6.04 Å². The zero-order valence-electron chi connectivity index (χ0n) is 16.0. The van der Waals surface area contributed by atoms with Gasteiger partial charge in [0.15, 0.2) is 5.16 Å². The number of amides is 1. The van der Waals surface area contributed by atoms with Gasteiger partial charge < -0.3 is 14.4 Å². The first-order valence-electron chi connectivity index (χ1n) is 9.79. The van der Waals surface area contributed by atoms with Gasteiger partial charge in [0.05, 0.1) is 5.25 Å². The summed E-state index contributed by atoms with van der Waals surface area (Å²) in [5, 5.41) is 11.8. The molecule has 2 aromatic heterocycles. The summed E-state index contributed by atoms with van der Waals surface area (Å²) in [7, 11) is 0. The molecule has 0 aromatic carbocycles. The number of thiophene rings is 1. The van der Waals surface area contributed by atoms with E-state index < -0.39 is 0 Å². The molecule has 6 nitrogen and oxygen atoms in total. The van der Waals surface area contributed by atoms with Gasteiger partial charge in [-0.25, -0.2) is 0 Å². The molecule has 1 atom stereocenters. The molecule has 1 saturated carbocycles. The number of thioether (sulfide) groups is 1. The Hall–Kier alpha value is -1.38. The van der Waals surface area contributed by atoms with Crippen molar-refractivity contribution in [3.63, 3.8) is 0 Å². The first kappa shape index (κ1) is 19.0. The van der Waals surface area contributed by atoms with Crippen LogP contribution >= 0.6 is 23.1 Å². The summed E-state index contributed by atoms with van der Waals surface area (Å²) in [6, 6.07) is 4.73. The second-order valence-corrected chi connectivity index (χ2v) is 9.62. The summed E-state index contributed by atoms with van der Waals surface area (Å²) in [5.41, 5.74) is 0. The minimum absolute atomic E-state index is 0.130. The van der Waals surface area contributed by atoms with Crippen LogP contribution in [0.4, 0.5) is 0 Å². The Bertz CT molecular complexity index is 763. The molecule has 0 N–H and O–H groups in total. The van der Waals surface area contributed by atoms with Crippen molar-refractivity contribution in [2.24, 2.45) is 0 Å². The molecule has 2 aromatic rings. The number of carbonyl (C=O) groups excluding carboxylic acids is 1. The smallest absolute Gasteiger partial charge is 0.235 e. The molecule has 1 saturated heterocycles. The lowest BCUT2D eigenvalue weighted by Crippen LogP contribution is -2.50. The van der Waals surface area contributed by atoms with Crippen molar-refractivity contribution < 1.29 is 4.79 Å². The van der Waals surface area contributed by atoms with Crippen LogP contribution < -0.4 is 0 Å². The Kier molecular flexibility index (Phi) is 5.85. The van der Waals surface area contributed by atoms with Gasteiger partial charge in [-0.3, -0.25) is 4.79 Å². The number of aromatic nitrogens is 3. The van der Waals surface area contributed by atoms with Crippen molar-refractivity contribution in [1.82, 2.24) is 24.6 Å². The highest BCUT2D eigenvalue weighted by Gasteiger charge is 2.32. The molecule has 8 heteroatoms. The van der Waals surface area contributed by atoms with Crippen LogP contribution in [0.25, 0.3) is 0 Å². The van der Waals surface area contributed by atoms with E-state index in [1.165, 1.54) is 17.7 Å². The molecule has 1 amide bonds. The summed E-state index contributed by atoms with van der Waals surface area (Å²) in [6.45, 7) is 8.85. The summed E-state index contributed by atoms with van der Waals surface area (Å²) in [6.07, 6.45) is 3.19. The summed E-state index contributed by atoms with van der Waals surface area (Å²) in [4.78, 5) is 18.6. The van der Waals surface area contributed by atoms with Gasteiger partial charge in [-0.05, 0) is 37.8 Å². The molecule has 4 rings (SSSR count). The van der Waals surface area contributed by atoms with Gasteiger partial charge in [0.1, 0.15) is 5.82 Å². The average Bonchev–Trinajstić information content (AvgIpc) is 3.25. The van der Waals surface area contributed by atoms with Crippen molar-refractivity contribution in [1.29, 1.82) is 0 Å². The van der Waals surface area contributed by atoms with Gasteiger partial charge in [-0.2, -0.15) is 0 Å². The quantitative estimate of drug-likeness (QED) is 0.663. The van der Waals surface area contributed by atoms with Crippen molar-refractivity contribution >= 4 is 29.0 Å². The molecule has 1 aliphatic heterocycles. The summed E-state index contributed by atoms with van der Waals surface area (Å²) < 4.78 is 2.28. The van der Waals surface area contributed by atoms with Crippen molar-refractivity contribution in [2.75, 3.05) is 32.7 Å². The molecular weight excluding hydrogens is 378 g/mol. The van der Waals surface area contributed by atoms with Crippen molar-refractivity contribution in [3.05, 3.63) is 28.2 Å². The fourth-order valence-electron chi connectivity index (χ4n) is 3.53. The van der Waals surface area contributed by atoms with Crippen molar-refractivity contribution in [3.8, 4) is 0 Å². The number of rotatable bonds is 7. The van der Waals surface area contributed by atoms with E-state index in [-0.39, 0.29) is 11.2 Å². The standard InChI is InChI=1S/C19H27N5OS2/c1-3-22-8-10-23(11-9-22)18(25)14(2)27-19-21-20-17(24(19)15-6-7-15)13-16-5-4-12-26-16/h4-5,12,14-15H,3,6-11,13H2,1-2H3/t14-/m1/s1. The number of nitrogens with zero attached hydrogens (tertiary/aromatic N) is 5. The van der Waals surface area contributed by atoms with Gasteiger partial charge in [0.25, 0.3) is 0 Å². The molecule has 2 fully saturated rings. The maximum absolute atomic E-state index is 12.9. The van der Waals surface area contributed by atoms with Crippen molar-refractivity contribution in [2.45, 2.75) is 49.6 Å². The normalized spacial score (nSPS) is 19.4. The largest absolute Gasteiger partial charge is 0.339 e. The van der Waals surface area contributed by atoms with E-state index in [0.717, 1.165) is 50.1 Å². The van der Waals surface area contributed by atoms with Gasteiger partial charge in [0.2, 0.25) is 5.91 Å². The van der Waals surface area contributed by atoms with Crippen LogP contribution in [0, 0.1) is 0 Å². The van der Waals surface area contributed by atoms with E-state index in [2.05, 4.69) is 44.1 Å². The Balaban J connectivity index is 1.42. The maximum atomic E-state index is 12.9. The van der Waals surface area contributed by atoms with Crippen LogP contribution in [-0.2, 0) is 11.2 Å². The van der Waals surface area contributed by atoms with Crippen LogP contribution in [0.15, 0.2) is 22.7 Å². The lowest BCUT2D eigenvalue weighted by molar-refractivity contribution is -0.132. The van der Waals surface area contributed by atoms with Gasteiger partial charge >= 0.3 is 0 Å². The molecule has 0 radical (unpaired) electrons. The fourth-order valence-corrected chi connectivity index (χ4v) is 5.25. The Labute approximate surface area is 168 Å². The fraction of sp³-hybridized carbons (Fsp3) is 0.632. The number of hydrogen-bond donors (Lipinski definition) is 0. The number of likely N-dealkylation sites (N-methyl/N-ethyl adjacent to an activating group) is 1. The lowest BCUT2D eigenvalue weighted by atomic mass is 10.3. The number of hydrogen-bond acceptors (Lipinski definition) is 6. The van der Waals surface area contributed by atoms with E-state index in [4.69, 9.17) is 0 Å². The summed E-state index contributed by atoms with van der Waals surface area (Å²) >= 11 is 3.32. The van der Waals surface area contributed by atoms with Gasteiger partial charge in [-0.15, -0.1) is 21.5 Å². The second kappa shape index (κ2) is 8.32. The average molecular weight is 406 g/mol. The van der Waals surface area contributed by atoms with E-state index >= 15 is 0 Å². The SMILES string of the molecule is CCN1CCN(C(=O)[C@@H](C)Sc2nnc(Cc3cccs3)n2C2CC2)CC1. The minimum Gasteiger partial charge on any atom is -0.339 e. The first-order chi connectivity index (χ1) is 13.2. The third-order valence-corrected chi connectivity index (χ3v) is 7.24. The Morgan fingerprint density at radius 1 is 1.30 bits per heavy atom. The zero-order valence-corrected chi connectivity index (χ0v) is 17.6. The highest BCUT2D eigenvalue weighted by Crippen LogP contribution is 2.40. The monoisotopic (exact) mass is 405 g/mol. The molecule has 27 heavy (non-hydrogen) atoms. The molecule has 1 aliphatic carbocycles. The van der Waals surface area contributed by atoms with E-state index in [9.17, 15) is 4.79 Å². The zero-order chi connectivity index (χ0) is 18.8. The minimum atomic E-state index is -0.130. The highest BCUT2D eigenvalue weighted by atomic mass is 32.2. The second-order valence-electron chi connectivity index (χ2n) is 7.28. The number of carbonyl (C=O) groups is 1. The third kappa shape index (κ3) is 4.38. The Morgan fingerprint density at radius 2 is 2.07 bits per heavy atom. The van der Waals surface area contributed by atoms with Crippen LogP contribution in [0.5, 0.6) is 0 Å². The van der Waals surface area contributed by atoms with E-state index in [1.807, 2.05) is 11.8 Å².